The van der Waals surface area contributed by atoms with Crippen molar-refractivity contribution in [2.24, 2.45) is 0 Å². The number of hydrogen-bond donors (Lipinski definition) is 0. The lowest BCUT2D eigenvalue weighted by molar-refractivity contribution is 0.0601. The van der Waals surface area contributed by atoms with Crippen LogP contribution in [0.1, 0.15) is 82.0 Å². The molecule has 0 aliphatic heterocycles. The number of methoxy groups -OCH3 is 1. The molecule has 0 radical (unpaired) electrons. The average molecular weight is 630 g/mol. The molecular weight excluding hydrogens is 587 g/mol. The second kappa shape index (κ2) is 17.2. The van der Waals surface area contributed by atoms with Gasteiger partial charge in [-0.15, -0.1) is 0 Å². The van der Waals surface area contributed by atoms with Gasteiger partial charge >= 0.3 is 5.97 Å². The van der Waals surface area contributed by atoms with Crippen LogP contribution in [0.25, 0.3) is 33.2 Å². The number of pyridine rings is 1. The Balaban J connectivity index is 0.00000139. The Morgan fingerprint density at radius 3 is 1.85 bits per heavy atom. The Labute approximate surface area is 270 Å². The van der Waals surface area contributed by atoms with Crippen LogP contribution in [0.5, 0.6) is 5.88 Å². The number of nitrogens with zero attached hydrogens (tertiary/aromatic N) is 1. The molecule has 5 aromatic rings. The second-order valence-corrected chi connectivity index (χ2v) is 9.96. The van der Waals surface area contributed by atoms with E-state index in [-0.39, 0.29) is 34.4 Å². The standard InChI is InChI=1S/C35H30F3NO3.2C2H6/c1-4-28(5-2)42-34-30(32(38)25-11-10-21-8-6-7-9-24(21)20-25)29(22-12-16-26(36)17-13-22)31(35(40)41-3)33(39-34)23-14-18-27(37)19-15-23;2*1-2/h6-20,28,32H,4-5H2,1-3H3;2*1-2H3. The molecule has 5 rings (SSSR count). The number of carbonyl (C=O) groups is 1. The van der Waals surface area contributed by atoms with Gasteiger partial charge in [0.05, 0.1) is 30.0 Å². The number of esters is 1. The molecule has 0 bridgehead atoms. The Morgan fingerprint density at radius 2 is 1.30 bits per heavy atom. The molecule has 0 aliphatic carbocycles. The average Bonchev–Trinajstić information content (AvgIpc) is 3.11. The molecule has 242 valence electrons. The molecule has 1 unspecified atom stereocenters. The van der Waals surface area contributed by atoms with Crippen molar-refractivity contribution in [2.45, 2.75) is 66.7 Å². The van der Waals surface area contributed by atoms with E-state index in [0.29, 0.717) is 29.5 Å². The molecule has 1 atom stereocenters. The number of alkyl halides is 1. The zero-order chi connectivity index (χ0) is 33.8. The first-order valence-electron chi connectivity index (χ1n) is 15.8. The summed E-state index contributed by atoms with van der Waals surface area (Å²) in [6, 6.07) is 23.8. The summed E-state index contributed by atoms with van der Waals surface area (Å²) < 4.78 is 56.6. The topological polar surface area (TPSA) is 48.4 Å². The summed E-state index contributed by atoms with van der Waals surface area (Å²) in [5.74, 6) is -1.74. The van der Waals surface area contributed by atoms with Crippen molar-refractivity contribution in [3.05, 3.63) is 119 Å². The van der Waals surface area contributed by atoms with Gasteiger partial charge in [0.2, 0.25) is 5.88 Å². The van der Waals surface area contributed by atoms with Crippen LogP contribution in [0.3, 0.4) is 0 Å². The molecule has 4 aromatic carbocycles. The summed E-state index contributed by atoms with van der Waals surface area (Å²) in [6.45, 7) is 11.9. The first-order valence-corrected chi connectivity index (χ1v) is 15.8. The van der Waals surface area contributed by atoms with Crippen LogP contribution in [0.2, 0.25) is 0 Å². The fourth-order valence-corrected chi connectivity index (χ4v) is 5.08. The van der Waals surface area contributed by atoms with Crippen molar-refractivity contribution >= 4 is 16.7 Å². The summed E-state index contributed by atoms with van der Waals surface area (Å²) in [5.41, 5.74) is 1.40. The SMILES string of the molecule is CC.CC.CCC(CC)Oc1nc(-c2ccc(F)cc2)c(C(=O)OC)c(-c2ccc(F)cc2)c1C(F)c1ccc2ccccc2c1. The molecule has 46 heavy (non-hydrogen) atoms. The summed E-state index contributed by atoms with van der Waals surface area (Å²) in [5, 5.41) is 1.79. The first kappa shape index (κ1) is 35.8. The molecule has 4 nitrogen and oxygen atoms in total. The Kier molecular flexibility index (Phi) is 13.4. The maximum atomic E-state index is 17.1. The zero-order valence-electron chi connectivity index (χ0n) is 27.5. The molecule has 1 aromatic heterocycles. The van der Waals surface area contributed by atoms with Crippen molar-refractivity contribution < 1.29 is 27.4 Å². The van der Waals surface area contributed by atoms with Crippen molar-refractivity contribution in [3.8, 4) is 28.3 Å². The van der Waals surface area contributed by atoms with Crippen LogP contribution in [0.15, 0.2) is 91.0 Å². The van der Waals surface area contributed by atoms with Gasteiger partial charge in [0.15, 0.2) is 6.17 Å². The molecule has 0 spiro atoms. The Bertz CT molecular complexity index is 1720. The first-order chi connectivity index (χ1) is 22.3. The highest BCUT2D eigenvalue weighted by atomic mass is 19.1. The predicted octanol–water partition coefficient (Wildman–Crippen LogP) is 11.3. The van der Waals surface area contributed by atoms with E-state index in [4.69, 9.17) is 14.5 Å². The minimum atomic E-state index is -1.78. The van der Waals surface area contributed by atoms with Gasteiger partial charge in [0, 0.05) is 11.1 Å². The third-order valence-corrected chi connectivity index (χ3v) is 7.35. The van der Waals surface area contributed by atoms with Gasteiger partial charge in [-0.25, -0.2) is 22.9 Å². The number of aromatic nitrogens is 1. The molecular formula is C39H42F3NO3. The van der Waals surface area contributed by atoms with Crippen LogP contribution in [0, 0.1) is 11.6 Å². The smallest absolute Gasteiger partial charge is 0.340 e. The predicted molar refractivity (Wildman–Crippen MR) is 181 cm³/mol. The molecule has 0 amide bonds. The molecule has 0 N–H and O–H groups in total. The normalized spacial score (nSPS) is 11.2. The highest BCUT2D eigenvalue weighted by molar-refractivity contribution is 6.04. The van der Waals surface area contributed by atoms with Gasteiger partial charge in [-0.1, -0.05) is 90.1 Å². The zero-order valence-corrected chi connectivity index (χ0v) is 27.5. The lowest BCUT2D eigenvalue weighted by Crippen LogP contribution is -2.19. The number of ether oxygens (including phenoxy) is 2. The van der Waals surface area contributed by atoms with E-state index in [1.807, 2.05) is 71.9 Å². The van der Waals surface area contributed by atoms with Gasteiger partial charge in [-0.2, -0.15) is 0 Å². The lowest BCUT2D eigenvalue weighted by atomic mass is 9.87. The number of rotatable bonds is 9. The van der Waals surface area contributed by atoms with Gasteiger partial charge < -0.3 is 9.47 Å². The number of fused-ring (bicyclic) bond motifs is 1. The number of benzene rings is 4. The van der Waals surface area contributed by atoms with E-state index in [1.54, 1.807) is 12.1 Å². The molecule has 0 saturated heterocycles. The maximum Gasteiger partial charge on any atom is 0.340 e. The number of halogens is 3. The Morgan fingerprint density at radius 1 is 0.761 bits per heavy atom. The molecule has 0 aliphatic rings. The number of carbonyl (C=O) groups excluding carboxylic acids is 1. The minimum Gasteiger partial charge on any atom is -0.474 e. The van der Waals surface area contributed by atoms with E-state index in [9.17, 15) is 13.6 Å². The van der Waals surface area contributed by atoms with E-state index >= 15 is 4.39 Å². The van der Waals surface area contributed by atoms with E-state index in [0.717, 1.165) is 10.8 Å². The van der Waals surface area contributed by atoms with Crippen LogP contribution in [-0.2, 0) is 4.74 Å². The van der Waals surface area contributed by atoms with Gasteiger partial charge in [-0.05, 0) is 77.2 Å². The van der Waals surface area contributed by atoms with Crippen molar-refractivity contribution in [1.29, 1.82) is 0 Å². The van der Waals surface area contributed by atoms with Crippen LogP contribution in [0.4, 0.5) is 13.2 Å². The molecule has 0 fully saturated rings. The van der Waals surface area contributed by atoms with Gasteiger partial charge in [0.1, 0.15) is 11.6 Å². The van der Waals surface area contributed by atoms with E-state index in [1.165, 1.54) is 55.6 Å². The third kappa shape index (κ3) is 7.94. The van der Waals surface area contributed by atoms with Crippen LogP contribution in [-0.4, -0.2) is 24.2 Å². The largest absolute Gasteiger partial charge is 0.474 e. The van der Waals surface area contributed by atoms with Crippen LogP contribution < -0.4 is 4.74 Å². The molecule has 7 heteroatoms. The fourth-order valence-electron chi connectivity index (χ4n) is 5.08. The summed E-state index contributed by atoms with van der Waals surface area (Å²) >= 11 is 0. The number of hydrogen-bond acceptors (Lipinski definition) is 4. The molecule has 0 saturated carbocycles. The van der Waals surface area contributed by atoms with Crippen molar-refractivity contribution in [1.82, 2.24) is 4.98 Å². The maximum absolute atomic E-state index is 17.1. The monoisotopic (exact) mass is 629 g/mol. The fraction of sp³-hybridized carbons (Fsp3) is 0.282. The summed E-state index contributed by atoms with van der Waals surface area (Å²) in [6.07, 6.45) is -0.828. The highest BCUT2D eigenvalue weighted by Gasteiger charge is 2.33. The second-order valence-electron chi connectivity index (χ2n) is 9.96. The van der Waals surface area contributed by atoms with Crippen molar-refractivity contribution in [3.63, 3.8) is 0 Å². The quantitative estimate of drug-likeness (QED) is 0.152. The van der Waals surface area contributed by atoms with Gasteiger partial charge in [0.25, 0.3) is 0 Å². The summed E-state index contributed by atoms with van der Waals surface area (Å²) in [7, 11) is 1.22. The molecule has 1 heterocycles. The summed E-state index contributed by atoms with van der Waals surface area (Å²) in [4.78, 5) is 18.2. The minimum absolute atomic E-state index is 0.00402. The third-order valence-electron chi connectivity index (χ3n) is 7.35. The van der Waals surface area contributed by atoms with E-state index in [2.05, 4.69) is 0 Å². The Hall–Kier alpha value is -4.65. The highest BCUT2D eigenvalue weighted by Crippen LogP contribution is 2.45. The van der Waals surface area contributed by atoms with Crippen LogP contribution >= 0.6 is 0 Å². The lowest BCUT2D eigenvalue weighted by Gasteiger charge is -2.25. The van der Waals surface area contributed by atoms with Crippen molar-refractivity contribution in [2.75, 3.05) is 7.11 Å². The van der Waals surface area contributed by atoms with E-state index < -0.39 is 23.8 Å². The van der Waals surface area contributed by atoms with Gasteiger partial charge in [-0.3, -0.25) is 0 Å².